The summed E-state index contributed by atoms with van der Waals surface area (Å²) in [6, 6.07) is 4.07. The van der Waals surface area contributed by atoms with Gasteiger partial charge in [0.15, 0.2) is 5.65 Å². The zero-order valence-electron chi connectivity index (χ0n) is 12.6. The van der Waals surface area contributed by atoms with E-state index < -0.39 is 0 Å². The van der Waals surface area contributed by atoms with Crippen LogP contribution in [0.3, 0.4) is 0 Å². The fourth-order valence-electron chi connectivity index (χ4n) is 2.70. The highest BCUT2D eigenvalue weighted by atomic mass is 32.1. The predicted molar refractivity (Wildman–Crippen MR) is 86.8 cm³/mol. The van der Waals surface area contributed by atoms with Crippen LogP contribution >= 0.6 is 11.3 Å². The molecular formula is C14H17N7S. The minimum absolute atomic E-state index is 0.893. The Morgan fingerprint density at radius 2 is 1.77 bits per heavy atom. The fourth-order valence-corrected chi connectivity index (χ4v) is 3.44. The quantitative estimate of drug-likeness (QED) is 0.714. The summed E-state index contributed by atoms with van der Waals surface area (Å²) in [4.78, 5) is 9.01. The average molecular weight is 315 g/mol. The van der Waals surface area contributed by atoms with E-state index in [1.165, 1.54) is 0 Å². The number of aromatic nitrogens is 5. The number of aryl methyl sites for hydroxylation is 2. The lowest BCUT2D eigenvalue weighted by molar-refractivity contribution is 0.638. The fraction of sp³-hybridized carbons (Fsp3) is 0.429. The average Bonchev–Trinajstić information content (AvgIpc) is 3.11. The predicted octanol–water partition coefficient (Wildman–Crippen LogP) is 1.52. The van der Waals surface area contributed by atoms with Gasteiger partial charge in [0.05, 0.1) is 11.9 Å². The largest absolute Gasteiger partial charge is 0.352 e. The highest BCUT2D eigenvalue weighted by molar-refractivity contribution is 7.15. The van der Waals surface area contributed by atoms with Gasteiger partial charge >= 0.3 is 0 Å². The first-order valence-corrected chi connectivity index (χ1v) is 8.14. The number of hydrogen-bond acceptors (Lipinski definition) is 7. The Labute approximate surface area is 132 Å². The Kier molecular flexibility index (Phi) is 3.18. The van der Waals surface area contributed by atoms with Crippen molar-refractivity contribution in [2.75, 3.05) is 36.0 Å². The van der Waals surface area contributed by atoms with Crippen molar-refractivity contribution in [3.8, 4) is 0 Å². The lowest BCUT2D eigenvalue weighted by Gasteiger charge is -2.34. The molecule has 0 spiro atoms. The van der Waals surface area contributed by atoms with Crippen molar-refractivity contribution in [1.82, 2.24) is 24.8 Å². The van der Waals surface area contributed by atoms with Crippen LogP contribution in [0, 0.1) is 13.8 Å². The molecule has 8 heteroatoms. The number of piperazine rings is 1. The lowest BCUT2D eigenvalue weighted by atomic mass is 10.3. The Balaban J connectivity index is 1.50. The van der Waals surface area contributed by atoms with Crippen molar-refractivity contribution in [1.29, 1.82) is 0 Å². The third-order valence-electron chi connectivity index (χ3n) is 3.82. The van der Waals surface area contributed by atoms with Crippen LogP contribution in [0.5, 0.6) is 0 Å². The SMILES string of the molecule is Cc1cn2nc(N3CCN(c4nnc(C)s4)CC3)ccc2n1. The Hall–Kier alpha value is -2.22. The van der Waals surface area contributed by atoms with E-state index in [0.717, 1.165) is 53.5 Å². The van der Waals surface area contributed by atoms with Gasteiger partial charge < -0.3 is 9.80 Å². The van der Waals surface area contributed by atoms with Crippen LogP contribution in [0.4, 0.5) is 10.9 Å². The van der Waals surface area contributed by atoms with E-state index >= 15 is 0 Å². The maximum atomic E-state index is 4.66. The highest BCUT2D eigenvalue weighted by Crippen LogP contribution is 2.22. The standard InChI is InChI=1S/C14H17N7S/c1-10-9-21-12(15-10)3-4-13(18-21)19-5-7-20(8-6-19)14-17-16-11(2)22-14/h3-4,9H,5-8H2,1-2H3. The molecule has 1 fully saturated rings. The van der Waals surface area contributed by atoms with Gasteiger partial charge in [0.2, 0.25) is 5.13 Å². The molecule has 22 heavy (non-hydrogen) atoms. The first-order chi connectivity index (χ1) is 10.7. The molecule has 3 aromatic rings. The number of hydrogen-bond donors (Lipinski definition) is 0. The third-order valence-corrected chi connectivity index (χ3v) is 4.72. The maximum Gasteiger partial charge on any atom is 0.208 e. The van der Waals surface area contributed by atoms with Crippen LogP contribution in [0.1, 0.15) is 10.7 Å². The molecule has 0 aliphatic carbocycles. The summed E-state index contributed by atoms with van der Waals surface area (Å²) < 4.78 is 1.85. The third kappa shape index (κ3) is 2.39. The Morgan fingerprint density at radius 1 is 1.00 bits per heavy atom. The molecule has 4 heterocycles. The van der Waals surface area contributed by atoms with Gasteiger partial charge in [-0.1, -0.05) is 11.3 Å². The van der Waals surface area contributed by atoms with Crippen molar-refractivity contribution < 1.29 is 0 Å². The zero-order chi connectivity index (χ0) is 15.1. The molecule has 0 radical (unpaired) electrons. The van der Waals surface area contributed by atoms with Crippen LogP contribution in [0.25, 0.3) is 5.65 Å². The highest BCUT2D eigenvalue weighted by Gasteiger charge is 2.21. The summed E-state index contributed by atoms with van der Waals surface area (Å²) in [7, 11) is 0. The van der Waals surface area contributed by atoms with Crippen LogP contribution < -0.4 is 9.80 Å². The number of fused-ring (bicyclic) bond motifs is 1. The van der Waals surface area contributed by atoms with Gasteiger partial charge in [-0.3, -0.25) is 0 Å². The van der Waals surface area contributed by atoms with Crippen LogP contribution in [0.2, 0.25) is 0 Å². The van der Waals surface area contributed by atoms with E-state index in [1.54, 1.807) is 11.3 Å². The summed E-state index contributed by atoms with van der Waals surface area (Å²) in [5.41, 5.74) is 1.88. The van der Waals surface area contributed by atoms with Crippen molar-refractivity contribution in [2.45, 2.75) is 13.8 Å². The smallest absolute Gasteiger partial charge is 0.208 e. The van der Waals surface area contributed by atoms with E-state index in [0.29, 0.717) is 0 Å². The van der Waals surface area contributed by atoms with Gasteiger partial charge in [-0.05, 0) is 26.0 Å². The second-order valence-corrected chi connectivity index (χ2v) is 6.61. The molecule has 4 rings (SSSR count). The molecule has 1 aliphatic heterocycles. The molecule has 0 saturated carbocycles. The van der Waals surface area contributed by atoms with Crippen molar-refractivity contribution in [3.05, 3.63) is 29.0 Å². The van der Waals surface area contributed by atoms with Gasteiger partial charge in [0, 0.05) is 26.2 Å². The van der Waals surface area contributed by atoms with E-state index in [4.69, 9.17) is 0 Å². The molecule has 3 aromatic heterocycles. The first kappa shape index (κ1) is 13.4. The van der Waals surface area contributed by atoms with Gasteiger partial charge in [-0.15, -0.1) is 15.3 Å². The molecule has 7 nitrogen and oxygen atoms in total. The summed E-state index contributed by atoms with van der Waals surface area (Å²) in [5, 5.41) is 15.0. The van der Waals surface area contributed by atoms with E-state index in [9.17, 15) is 0 Å². The van der Waals surface area contributed by atoms with Crippen LogP contribution in [-0.4, -0.2) is 51.0 Å². The van der Waals surface area contributed by atoms with Crippen LogP contribution in [0.15, 0.2) is 18.3 Å². The lowest BCUT2D eigenvalue weighted by Crippen LogP contribution is -2.47. The van der Waals surface area contributed by atoms with E-state index in [2.05, 4.69) is 30.1 Å². The maximum absolute atomic E-state index is 4.66. The van der Waals surface area contributed by atoms with Crippen molar-refractivity contribution in [2.24, 2.45) is 0 Å². The first-order valence-electron chi connectivity index (χ1n) is 7.32. The Morgan fingerprint density at radius 3 is 2.50 bits per heavy atom. The summed E-state index contributed by atoms with van der Waals surface area (Å²) in [6.45, 7) is 7.73. The molecule has 0 aromatic carbocycles. The molecule has 0 N–H and O–H groups in total. The minimum Gasteiger partial charge on any atom is -0.352 e. The molecule has 0 unspecified atom stereocenters. The number of rotatable bonds is 2. The molecular weight excluding hydrogens is 298 g/mol. The molecule has 0 atom stereocenters. The number of nitrogens with zero attached hydrogens (tertiary/aromatic N) is 7. The van der Waals surface area contributed by atoms with Crippen molar-refractivity contribution >= 4 is 27.9 Å². The van der Waals surface area contributed by atoms with Gasteiger partial charge in [-0.25, -0.2) is 9.50 Å². The van der Waals surface area contributed by atoms with E-state index in [-0.39, 0.29) is 0 Å². The zero-order valence-corrected chi connectivity index (χ0v) is 13.4. The number of anilines is 2. The van der Waals surface area contributed by atoms with Gasteiger partial charge in [0.1, 0.15) is 10.8 Å². The van der Waals surface area contributed by atoms with Gasteiger partial charge in [0.25, 0.3) is 0 Å². The minimum atomic E-state index is 0.893. The van der Waals surface area contributed by atoms with Crippen molar-refractivity contribution in [3.63, 3.8) is 0 Å². The normalized spacial score (nSPS) is 15.7. The molecule has 0 bridgehead atoms. The molecule has 1 aliphatic rings. The summed E-state index contributed by atoms with van der Waals surface area (Å²) in [6.07, 6.45) is 1.96. The molecule has 114 valence electrons. The summed E-state index contributed by atoms with van der Waals surface area (Å²) >= 11 is 1.65. The monoisotopic (exact) mass is 315 g/mol. The Bertz CT molecular complexity index is 800. The topological polar surface area (TPSA) is 62.5 Å². The molecule has 1 saturated heterocycles. The van der Waals surface area contributed by atoms with Crippen LogP contribution in [-0.2, 0) is 0 Å². The second kappa shape index (κ2) is 5.20. The van der Waals surface area contributed by atoms with E-state index in [1.807, 2.05) is 36.7 Å². The molecule has 0 amide bonds. The van der Waals surface area contributed by atoms with Gasteiger partial charge in [-0.2, -0.15) is 0 Å². The summed E-state index contributed by atoms with van der Waals surface area (Å²) in [5.74, 6) is 0.998. The number of imidazole rings is 1. The second-order valence-electron chi connectivity index (χ2n) is 5.45.